The minimum Gasteiger partial charge on any atom is -0.399 e. The van der Waals surface area contributed by atoms with E-state index in [1.165, 1.54) is 23.5 Å². The van der Waals surface area contributed by atoms with Gasteiger partial charge < -0.3 is 11.1 Å². The molecule has 0 aliphatic heterocycles. The third-order valence-electron chi connectivity index (χ3n) is 2.82. The van der Waals surface area contributed by atoms with Gasteiger partial charge in [0.2, 0.25) is 0 Å². The standard InChI is InChI=1S/C13H14F3N3S/c1-8(12-18-4-5-20-12)7-19-11-3-2-9(17)6-10(11)13(14,15)16/h2-6,8,19H,7,17H2,1H3. The second-order valence-corrected chi connectivity index (χ2v) is 5.38. The van der Waals surface area contributed by atoms with Crippen LogP contribution in [0.1, 0.15) is 23.4 Å². The number of alkyl halides is 3. The first-order chi connectivity index (χ1) is 9.38. The minimum absolute atomic E-state index is 0.0358. The third kappa shape index (κ3) is 3.41. The van der Waals surface area contributed by atoms with Crippen LogP contribution >= 0.6 is 11.3 Å². The topological polar surface area (TPSA) is 50.9 Å². The minimum atomic E-state index is -4.43. The number of rotatable bonds is 4. The molecule has 3 nitrogen and oxygen atoms in total. The predicted molar refractivity (Wildman–Crippen MR) is 74.9 cm³/mol. The summed E-state index contributed by atoms with van der Waals surface area (Å²) in [4.78, 5) is 4.15. The van der Waals surface area contributed by atoms with E-state index >= 15 is 0 Å². The Balaban J connectivity index is 2.13. The Labute approximate surface area is 118 Å². The summed E-state index contributed by atoms with van der Waals surface area (Å²) in [6.07, 6.45) is -2.75. The van der Waals surface area contributed by atoms with Gasteiger partial charge in [0.25, 0.3) is 0 Å². The van der Waals surface area contributed by atoms with Crippen molar-refractivity contribution >= 4 is 22.7 Å². The van der Waals surface area contributed by atoms with Gasteiger partial charge in [0, 0.05) is 35.4 Å². The molecule has 2 rings (SSSR count). The molecule has 2 aromatic rings. The Morgan fingerprint density at radius 1 is 1.40 bits per heavy atom. The molecule has 0 aliphatic rings. The average molecular weight is 301 g/mol. The number of nitrogen functional groups attached to an aromatic ring is 1. The Morgan fingerprint density at radius 2 is 2.15 bits per heavy atom. The van der Waals surface area contributed by atoms with Crippen LogP contribution in [-0.2, 0) is 6.18 Å². The van der Waals surface area contributed by atoms with E-state index < -0.39 is 11.7 Å². The average Bonchev–Trinajstić information content (AvgIpc) is 2.89. The van der Waals surface area contributed by atoms with Crippen LogP contribution in [0.25, 0.3) is 0 Å². The monoisotopic (exact) mass is 301 g/mol. The fourth-order valence-corrected chi connectivity index (χ4v) is 2.48. The van der Waals surface area contributed by atoms with E-state index in [1.807, 2.05) is 12.3 Å². The van der Waals surface area contributed by atoms with Gasteiger partial charge in [0.1, 0.15) is 0 Å². The van der Waals surface area contributed by atoms with Gasteiger partial charge in [-0.15, -0.1) is 11.3 Å². The summed E-state index contributed by atoms with van der Waals surface area (Å²) >= 11 is 1.49. The van der Waals surface area contributed by atoms with Crippen molar-refractivity contribution in [3.8, 4) is 0 Å². The van der Waals surface area contributed by atoms with Crippen molar-refractivity contribution in [3.63, 3.8) is 0 Å². The summed E-state index contributed by atoms with van der Waals surface area (Å²) < 4.78 is 38.8. The molecular formula is C13H14F3N3S. The summed E-state index contributed by atoms with van der Waals surface area (Å²) in [5, 5.41) is 5.56. The molecule has 0 amide bonds. The van der Waals surface area contributed by atoms with E-state index in [1.54, 1.807) is 6.20 Å². The van der Waals surface area contributed by atoms with Crippen molar-refractivity contribution < 1.29 is 13.2 Å². The molecule has 108 valence electrons. The number of nitrogens with one attached hydrogen (secondary N) is 1. The second kappa shape index (κ2) is 5.70. The molecule has 7 heteroatoms. The molecule has 1 heterocycles. The van der Waals surface area contributed by atoms with E-state index in [0.717, 1.165) is 11.1 Å². The molecule has 1 atom stereocenters. The number of hydrogen-bond acceptors (Lipinski definition) is 4. The maximum Gasteiger partial charge on any atom is 0.418 e. The van der Waals surface area contributed by atoms with Crippen molar-refractivity contribution in [2.45, 2.75) is 19.0 Å². The number of nitrogens with zero attached hydrogens (tertiary/aromatic N) is 1. The van der Waals surface area contributed by atoms with Crippen molar-refractivity contribution in [2.75, 3.05) is 17.6 Å². The van der Waals surface area contributed by atoms with Gasteiger partial charge >= 0.3 is 6.18 Å². The molecule has 20 heavy (non-hydrogen) atoms. The Morgan fingerprint density at radius 3 is 2.75 bits per heavy atom. The molecular weight excluding hydrogens is 287 g/mol. The molecule has 0 saturated heterocycles. The number of benzene rings is 1. The number of hydrogen-bond donors (Lipinski definition) is 2. The van der Waals surface area contributed by atoms with Crippen LogP contribution in [0, 0.1) is 0 Å². The second-order valence-electron chi connectivity index (χ2n) is 4.46. The SMILES string of the molecule is CC(CNc1ccc(N)cc1C(F)(F)F)c1nccs1. The molecule has 1 unspecified atom stereocenters. The molecule has 0 fully saturated rings. The lowest BCUT2D eigenvalue weighted by molar-refractivity contribution is -0.136. The number of aromatic nitrogens is 1. The molecule has 1 aromatic heterocycles. The van der Waals surface area contributed by atoms with Gasteiger partial charge in [-0.05, 0) is 18.2 Å². The zero-order valence-electron chi connectivity index (χ0n) is 10.7. The van der Waals surface area contributed by atoms with E-state index in [4.69, 9.17) is 5.73 Å². The first-order valence-electron chi connectivity index (χ1n) is 5.98. The lowest BCUT2D eigenvalue weighted by Gasteiger charge is -2.17. The summed E-state index contributed by atoms with van der Waals surface area (Å²) in [5.74, 6) is 0.0358. The summed E-state index contributed by atoms with van der Waals surface area (Å²) in [6.45, 7) is 2.29. The van der Waals surface area contributed by atoms with Crippen LogP contribution in [0.2, 0.25) is 0 Å². The maximum absolute atomic E-state index is 12.9. The first-order valence-corrected chi connectivity index (χ1v) is 6.86. The molecule has 3 N–H and O–H groups in total. The largest absolute Gasteiger partial charge is 0.418 e. The van der Waals surface area contributed by atoms with E-state index in [0.29, 0.717) is 6.54 Å². The summed E-state index contributed by atoms with van der Waals surface area (Å²) in [5.41, 5.74) is 4.81. The van der Waals surface area contributed by atoms with Crippen molar-refractivity contribution in [2.24, 2.45) is 0 Å². The molecule has 0 aliphatic carbocycles. The van der Waals surface area contributed by atoms with Gasteiger partial charge in [-0.3, -0.25) is 0 Å². The highest BCUT2D eigenvalue weighted by molar-refractivity contribution is 7.09. The highest BCUT2D eigenvalue weighted by Gasteiger charge is 2.33. The van der Waals surface area contributed by atoms with Gasteiger partial charge in [-0.25, -0.2) is 4.98 Å². The highest BCUT2D eigenvalue weighted by Crippen LogP contribution is 2.36. The van der Waals surface area contributed by atoms with Crippen LogP contribution in [0.3, 0.4) is 0 Å². The molecule has 0 saturated carbocycles. The fraction of sp³-hybridized carbons (Fsp3) is 0.308. The van der Waals surface area contributed by atoms with Gasteiger partial charge in [-0.2, -0.15) is 13.2 Å². The quantitative estimate of drug-likeness (QED) is 0.840. The third-order valence-corrected chi connectivity index (χ3v) is 3.83. The summed E-state index contributed by atoms with van der Waals surface area (Å²) in [7, 11) is 0. The Hall–Kier alpha value is -1.76. The fourth-order valence-electron chi connectivity index (χ4n) is 1.78. The number of halogens is 3. The smallest absolute Gasteiger partial charge is 0.399 e. The van der Waals surface area contributed by atoms with Crippen LogP contribution in [-0.4, -0.2) is 11.5 Å². The van der Waals surface area contributed by atoms with Gasteiger partial charge in [0.15, 0.2) is 0 Å². The van der Waals surface area contributed by atoms with Crippen molar-refractivity contribution in [3.05, 3.63) is 40.3 Å². The normalized spacial score (nSPS) is 13.2. The van der Waals surface area contributed by atoms with E-state index in [2.05, 4.69) is 10.3 Å². The van der Waals surface area contributed by atoms with Crippen molar-refractivity contribution in [1.29, 1.82) is 0 Å². The zero-order valence-corrected chi connectivity index (χ0v) is 11.6. The van der Waals surface area contributed by atoms with Crippen LogP contribution in [0.15, 0.2) is 29.8 Å². The lowest BCUT2D eigenvalue weighted by atomic mass is 10.1. The Kier molecular flexibility index (Phi) is 4.17. The van der Waals surface area contributed by atoms with Crippen LogP contribution in [0.5, 0.6) is 0 Å². The zero-order chi connectivity index (χ0) is 14.8. The van der Waals surface area contributed by atoms with Gasteiger partial charge in [-0.1, -0.05) is 6.92 Å². The first kappa shape index (κ1) is 14.6. The number of nitrogens with two attached hydrogens (primary N) is 1. The van der Waals surface area contributed by atoms with Crippen molar-refractivity contribution in [1.82, 2.24) is 4.98 Å². The maximum atomic E-state index is 12.9. The van der Waals surface area contributed by atoms with Crippen LogP contribution in [0.4, 0.5) is 24.5 Å². The molecule has 0 radical (unpaired) electrons. The molecule has 0 spiro atoms. The highest BCUT2D eigenvalue weighted by atomic mass is 32.1. The Bertz CT molecular complexity index is 567. The van der Waals surface area contributed by atoms with Crippen LogP contribution < -0.4 is 11.1 Å². The summed E-state index contributed by atoms with van der Waals surface area (Å²) in [6, 6.07) is 3.74. The number of thiazole rings is 1. The van der Waals surface area contributed by atoms with E-state index in [-0.39, 0.29) is 17.3 Å². The van der Waals surface area contributed by atoms with E-state index in [9.17, 15) is 13.2 Å². The molecule has 1 aromatic carbocycles. The molecule has 0 bridgehead atoms. The lowest BCUT2D eigenvalue weighted by Crippen LogP contribution is -2.15. The number of anilines is 2. The van der Waals surface area contributed by atoms with Gasteiger partial charge in [0.05, 0.1) is 10.6 Å². The predicted octanol–water partition coefficient (Wildman–Crippen LogP) is 3.96.